The third-order valence-electron chi connectivity index (χ3n) is 2.27. The molecule has 0 aliphatic heterocycles. The van der Waals surface area contributed by atoms with E-state index in [0.717, 1.165) is 5.69 Å². The van der Waals surface area contributed by atoms with Crippen LogP contribution in [-0.2, 0) is 5.88 Å². The van der Waals surface area contributed by atoms with Crippen LogP contribution in [0.3, 0.4) is 0 Å². The number of nitrogens with zero attached hydrogens (tertiary/aromatic N) is 3. The van der Waals surface area contributed by atoms with Gasteiger partial charge in [-0.1, -0.05) is 0 Å². The third kappa shape index (κ3) is 2.35. The molecule has 1 heterocycles. The van der Waals surface area contributed by atoms with Gasteiger partial charge in [0.15, 0.2) is 0 Å². The summed E-state index contributed by atoms with van der Waals surface area (Å²) < 4.78 is 1.56. The van der Waals surface area contributed by atoms with E-state index in [1.165, 1.54) is 6.07 Å². The maximum atomic E-state index is 11.3. The normalized spacial score (nSPS) is 9.88. The third-order valence-corrected chi connectivity index (χ3v) is 2.52. The Labute approximate surface area is 103 Å². The summed E-state index contributed by atoms with van der Waals surface area (Å²) in [5, 5.41) is 12.8. The largest absolute Gasteiger partial charge is 0.288 e. The molecule has 5 heteroatoms. The van der Waals surface area contributed by atoms with E-state index in [0.29, 0.717) is 11.3 Å². The van der Waals surface area contributed by atoms with E-state index >= 15 is 0 Å². The molecule has 0 radical (unpaired) electrons. The predicted octanol–water partition coefficient (Wildman–Crippen LogP) is 1.84. The quantitative estimate of drug-likeness (QED) is 0.759. The molecule has 2 rings (SSSR count). The number of aromatic nitrogens is 2. The van der Waals surface area contributed by atoms with E-state index in [1.54, 1.807) is 35.1 Å². The molecule has 1 aromatic heterocycles. The lowest BCUT2D eigenvalue weighted by molar-refractivity contribution is 0.804. The van der Waals surface area contributed by atoms with Crippen molar-refractivity contribution in [3.63, 3.8) is 0 Å². The van der Waals surface area contributed by atoms with Crippen molar-refractivity contribution in [1.82, 2.24) is 9.78 Å². The summed E-state index contributed by atoms with van der Waals surface area (Å²) in [6.45, 7) is 0. The Kier molecular flexibility index (Phi) is 3.22. The van der Waals surface area contributed by atoms with E-state index in [4.69, 9.17) is 16.9 Å². The Hall–Kier alpha value is -2.12. The highest BCUT2D eigenvalue weighted by Crippen LogP contribution is 2.07. The molecule has 0 saturated heterocycles. The molecule has 0 atom stereocenters. The van der Waals surface area contributed by atoms with Gasteiger partial charge in [-0.2, -0.15) is 10.4 Å². The number of rotatable bonds is 2. The van der Waals surface area contributed by atoms with Crippen LogP contribution in [0.25, 0.3) is 5.69 Å². The van der Waals surface area contributed by atoms with E-state index in [1.807, 2.05) is 6.07 Å². The second-order valence-corrected chi connectivity index (χ2v) is 3.63. The fourth-order valence-electron chi connectivity index (χ4n) is 1.37. The fourth-order valence-corrected chi connectivity index (χ4v) is 1.56. The number of nitriles is 1. The van der Waals surface area contributed by atoms with Gasteiger partial charge in [-0.3, -0.25) is 4.79 Å². The second-order valence-electron chi connectivity index (χ2n) is 3.36. The van der Waals surface area contributed by atoms with Gasteiger partial charge in [0.25, 0.3) is 0 Å². The zero-order chi connectivity index (χ0) is 12.3. The van der Waals surface area contributed by atoms with E-state index in [2.05, 4.69) is 5.10 Å². The zero-order valence-corrected chi connectivity index (χ0v) is 9.55. The van der Waals surface area contributed by atoms with Crippen LogP contribution in [0.2, 0.25) is 0 Å². The van der Waals surface area contributed by atoms with Gasteiger partial charge in [-0.15, -0.1) is 11.6 Å². The van der Waals surface area contributed by atoms with Gasteiger partial charge in [-0.25, -0.2) is 4.68 Å². The molecule has 1 aromatic carbocycles. The molecule has 0 amide bonds. The minimum Gasteiger partial charge on any atom is -0.288 e. The summed E-state index contributed by atoms with van der Waals surface area (Å²) in [7, 11) is 0. The molecule has 0 aliphatic rings. The molecular formula is C12H8ClN3O. The minimum atomic E-state index is -0.176. The van der Waals surface area contributed by atoms with Crippen molar-refractivity contribution in [2.45, 2.75) is 5.88 Å². The maximum Gasteiger partial charge on any atom is 0.204 e. The van der Waals surface area contributed by atoms with Gasteiger partial charge in [0.05, 0.1) is 23.2 Å². The molecule has 0 saturated carbocycles. The standard InChI is InChI=1S/C12H8ClN3O/c13-7-11-12(17)5-6-16(15-11)10-3-1-9(8-14)2-4-10/h1-6H,7H2. The van der Waals surface area contributed by atoms with Crippen molar-refractivity contribution >= 4 is 11.6 Å². The van der Waals surface area contributed by atoms with Crippen LogP contribution in [0.15, 0.2) is 41.3 Å². The van der Waals surface area contributed by atoms with Crippen molar-refractivity contribution in [2.75, 3.05) is 0 Å². The molecular weight excluding hydrogens is 238 g/mol. The molecule has 0 unspecified atom stereocenters. The SMILES string of the molecule is N#Cc1ccc(-n2ccc(=O)c(CCl)n2)cc1. The first-order valence-electron chi connectivity index (χ1n) is 4.90. The molecule has 0 fully saturated rings. The van der Waals surface area contributed by atoms with E-state index < -0.39 is 0 Å². The molecule has 2 aromatic rings. The molecule has 84 valence electrons. The summed E-state index contributed by atoms with van der Waals surface area (Å²) in [6, 6.07) is 10.4. The first-order chi connectivity index (χ1) is 8.24. The molecule has 17 heavy (non-hydrogen) atoms. The van der Waals surface area contributed by atoms with Crippen LogP contribution < -0.4 is 5.43 Å². The van der Waals surface area contributed by atoms with Gasteiger partial charge in [-0.05, 0) is 24.3 Å². The number of hydrogen-bond donors (Lipinski definition) is 0. The molecule has 4 nitrogen and oxygen atoms in total. The monoisotopic (exact) mass is 245 g/mol. The number of alkyl halides is 1. The Balaban J connectivity index is 2.46. The van der Waals surface area contributed by atoms with Gasteiger partial charge in [0.1, 0.15) is 5.69 Å². The highest BCUT2D eigenvalue weighted by atomic mass is 35.5. The highest BCUT2D eigenvalue weighted by Gasteiger charge is 2.02. The number of hydrogen-bond acceptors (Lipinski definition) is 3. The first kappa shape index (κ1) is 11.4. The summed E-state index contributed by atoms with van der Waals surface area (Å²) in [5.74, 6) is 0.0793. The summed E-state index contributed by atoms with van der Waals surface area (Å²) >= 11 is 5.62. The molecule has 0 N–H and O–H groups in total. The van der Waals surface area contributed by atoms with Gasteiger partial charge in [0.2, 0.25) is 5.43 Å². The van der Waals surface area contributed by atoms with E-state index in [-0.39, 0.29) is 11.3 Å². The summed E-state index contributed by atoms with van der Waals surface area (Å²) in [6.07, 6.45) is 1.57. The molecule has 0 aliphatic carbocycles. The zero-order valence-electron chi connectivity index (χ0n) is 8.80. The topological polar surface area (TPSA) is 58.7 Å². The maximum absolute atomic E-state index is 11.3. The smallest absolute Gasteiger partial charge is 0.204 e. The van der Waals surface area contributed by atoms with Crippen molar-refractivity contribution < 1.29 is 0 Å². The van der Waals surface area contributed by atoms with Crippen LogP contribution >= 0.6 is 11.6 Å². The lowest BCUT2D eigenvalue weighted by Gasteiger charge is -2.05. The minimum absolute atomic E-state index is 0.0793. The second kappa shape index (κ2) is 4.81. The highest BCUT2D eigenvalue weighted by molar-refractivity contribution is 6.16. The van der Waals surface area contributed by atoms with Crippen LogP contribution in [-0.4, -0.2) is 9.78 Å². The molecule has 0 spiro atoms. The van der Waals surface area contributed by atoms with E-state index in [9.17, 15) is 4.79 Å². The van der Waals surface area contributed by atoms with Gasteiger partial charge >= 0.3 is 0 Å². The van der Waals surface area contributed by atoms with Gasteiger partial charge in [0, 0.05) is 12.3 Å². The Bertz CT molecular complexity index is 625. The average Bonchev–Trinajstić information content (AvgIpc) is 2.39. The number of halogens is 1. The number of benzene rings is 1. The summed E-state index contributed by atoms with van der Waals surface area (Å²) in [5.41, 5.74) is 1.48. The Morgan fingerprint density at radius 2 is 2.00 bits per heavy atom. The molecule has 0 bridgehead atoms. The van der Waals surface area contributed by atoms with Crippen LogP contribution in [0.1, 0.15) is 11.3 Å². The fraction of sp³-hybridized carbons (Fsp3) is 0.0833. The van der Waals surface area contributed by atoms with Crippen molar-refractivity contribution in [2.24, 2.45) is 0 Å². The summed E-state index contributed by atoms with van der Waals surface area (Å²) in [4.78, 5) is 11.3. The first-order valence-corrected chi connectivity index (χ1v) is 5.43. The average molecular weight is 246 g/mol. The lowest BCUT2D eigenvalue weighted by Crippen LogP contribution is -2.14. The predicted molar refractivity (Wildman–Crippen MR) is 64.1 cm³/mol. The Morgan fingerprint density at radius 1 is 1.29 bits per heavy atom. The van der Waals surface area contributed by atoms with Crippen molar-refractivity contribution in [3.8, 4) is 11.8 Å². The lowest BCUT2D eigenvalue weighted by atomic mass is 10.2. The van der Waals surface area contributed by atoms with Crippen molar-refractivity contribution in [1.29, 1.82) is 5.26 Å². The van der Waals surface area contributed by atoms with Crippen molar-refractivity contribution in [3.05, 3.63) is 58.0 Å². The van der Waals surface area contributed by atoms with Crippen LogP contribution in [0, 0.1) is 11.3 Å². The van der Waals surface area contributed by atoms with Crippen LogP contribution in [0.5, 0.6) is 0 Å². The van der Waals surface area contributed by atoms with Crippen LogP contribution in [0.4, 0.5) is 0 Å². The Morgan fingerprint density at radius 3 is 2.59 bits per heavy atom. The van der Waals surface area contributed by atoms with Gasteiger partial charge < -0.3 is 0 Å².